The molecule has 0 bridgehead atoms. The van der Waals surface area contributed by atoms with Crippen LogP contribution in [0.3, 0.4) is 0 Å². The molecule has 4 aromatic rings. The van der Waals surface area contributed by atoms with Crippen molar-refractivity contribution in [3.8, 4) is 22.4 Å². The zero-order chi connectivity index (χ0) is 17.4. The number of hydrogen-bond acceptors (Lipinski definition) is 4. The van der Waals surface area contributed by atoms with Crippen LogP contribution in [0, 0.1) is 5.82 Å². The number of fused-ring (bicyclic) bond motifs is 1. The maximum Gasteiger partial charge on any atom is 0.188 e. The molecule has 5 nitrogen and oxygen atoms in total. The van der Waals surface area contributed by atoms with E-state index >= 15 is 0 Å². The summed E-state index contributed by atoms with van der Waals surface area (Å²) in [4.78, 5) is 15.7. The summed E-state index contributed by atoms with van der Waals surface area (Å²) >= 11 is -0.166. The van der Waals surface area contributed by atoms with Crippen molar-refractivity contribution in [3.63, 3.8) is 0 Å². The van der Waals surface area contributed by atoms with E-state index in [4.69, 9.17) is 0 Å². The molecule has 0 aliphatic carbocycles. The minimum absolute atomic E-state index is 0.0892. The van der Waals surface area contributed by atoms with Gasteiger partial charge in [0.2, 0.25) is 0 Å². The summed E-state index contributed by atoms with van der Waals surface area (Å²) in [6, 6.07) is 9.24. The minimum Gasteiger partial charge on any atom is -0.306 e. The topological polar surface area (TPSA) is 52.2 Å². The first-order chi connectivity index (χ1) is 12.2. The van der Waals surface area contributed by atoms with Gasteiger partial charge in [-0.3, -0.25) is 4.79 Å². The van der Waals surface area contributed by atoms with E-state index in [1.165, 1.54) is 12.1 Å². The molecule has 0 saturated heterocycles. The summed E-state index contributed by atoms with van der Waals surface area (Å²) in [5.41, 5.74) is 2.96. The molecule has 0 unspecified atom stereocenters. The lowest BCUT2D eigenvalue weighted by molar-refractivity contribution is 0.111. The third kappa shape index (κ3) is 2.60. The van der Waals surface area contributed by atoms with Crippen molar-refractivity contribution in [1.29, 1.82) is 0 Å². The van der Waals surface area contributed by atoms with Crippen LogP contribution in [0.1, 0.15) is 10.5 Å². The Kier molecular flexibility index (Phi) is 3.81. The van der Waals surface area contributed by atoms with E-state index < -0.39 is 0 Å². The number of carbonyl (C=O) groups is 1. The highest BCUT2D eigenvalue weighted by atomic mass is 32.2. The standard InChI is InChI=1S/C17H10F2N4OS/c18-13-4-1-11(2-5-13)17-16(14(10-24)23(21-17)25-19)12-3-6-15-20-7-8-22(15)9-12/h1-10H. The summed E-state index contributed by atoms with van der Waals surface area (Å²) in [5, 5.41) is 4.17. The number of pyridine rings is 1. The summed E-state index contributed by atoms with van der Waals surface area (Å²) in [7, 11) is 0. The number of aromatic nitrogens is 4. The second-order valence-electron chi connectivity index (χ2n) is 5.29. The Bertz CT molecular complexity index is 1070. The van der Waals surface area contributed by atoms with Crippen LogP contribution in [-0.4, -0.2) is 24.9 Å². The van der Waals surface area contributed by atoms with Gasteiger partial charge in [0.05, 0.1) is 0 Å². The molecule has 0 fully saturated rings. The van der Waals surface area contributed by atoms with Gasteiger partial charge in [0.25, 0.3) is 0 Å². The molecule has 124 valence electrons. The van der Waals surface area contributed by atoms with Crippen molar-refractivity contribution >= 4 is 24.3 Å². The molecule has 0 amide bonds. The van der Waals surface area contributed by atoms with Crippen molar-refractivity contribution in [2.75, 3.05) is 0 Å². The number of carbonyl (C=O) groups excluding carboxylic acids is 1. The Balaban J connectivity index is 1.99. The molecule has 0 aliphatic rings. The van der Waals surface area contributed by atoms with Gasteiger partial charge in [-0.2, -0.15) is 9.19 Å². The SMILES string of the molecule is O=Cc1c(-c2ccc3nccn3c2)c(-c2ccc(F)cc2)nn1SF. The monoisotopic (exact) mass is 356 g/mol. The van der Waals surface area contributed by atoms with E-state index in [-0.39, 0.29) is 23.8 Å². The first-order valence-corrected chi connectivity index (χ1v) is 7.95. The second-order valence-corrected chi connectivity index (χ2v) is 5.77. The van der Waals surface area contributed by atoms with Crippen LogP contribution in [0.4, 0.5) is 8.28 Å². The normalized spacial score (nSPS) is 11.1. The van der Waals surface area contributed by atoms with Gasteiger partial charge in [0, 0.05) is 35.3 Å². The minimum atomic E-state index is -0.389. The fraction of sp³-hybridized carbons (Fsp3) is 0. The van der Waals surface area contributed by atoms with E-state index in [0.29, 0.717) is 28.7 Å². The molecule has 0 radical (unpaired) electrons. The smallest absolute Gasteiger partial charge is 0.188 e. The van der Waals surface area contributed by atoms with Crippen LogP contribution >= 0.6 is 12.3 Å². The van der Waals surface area contributed by atoms with Crippen LogP contribution in [-0.2, 0) is 0 Å². The lowest BCUT2D eigenvalue weighted by Gasteiger charge is -2.05. The Morgan fingerprint density at radius 2 is 1.84 bits per heavy atom. The third-order valence-corrected chi connectivity index (χ3v) is 4.27. The lowest BCUT2D eigenvalue weighted by Crippen LogP contribution is -1.94. The average Bonchev–Trinajstić information content (AvgIpc) is 3.25. The maximum absolute atomic E-state index is 13.2. The van der Waals surface area contributed by atoms with Gasteiger partial charge in [0.15, 0.2) is 18.6 Å². The van der Waals surface area contributed by atoms with Gasteiger partial charge >= 0.3 is 0 Å². The number of benzene rings is 1. The summed E-state index contributed by atoms with van der Waals surface area (Å²) in [5.74, 6) is -0.389. The van der Waals surface area contributed by atoms with Crippen molar-refractivity contribution < 1.29 is 13.1 Å². The number of rotatable bonds is 4. The van der Waals surface area contributed by atoms with Crippen LogP contribution in [0.2, 0.25) is 0 Å². The molecule has 0 aliphatic heterocycles. The van der Waals surface area contributed by atoms with Crippen molar-refractivity contribution in [1.82, 2.24) is 18.6 Å². The molecule has 25 heavy (non-hydrogen) atoms. The van der Waals surface area contributed by atoms with Crippen LogP contribution in [0.15, 0.2) is 55.0 Å². The predicted molar refractivity (Wildman–Crippen MR) is 91.3 cm³/mol. The fourth-order valence-corrected chi connectivity index (χ4v) is 3.05. The molecule has 0 atom stereocenters. The molecule has 0 spiro atoms. The number of imidazole rings is 1. The van der Waals surface area contributed by atoms with E-state index in [1.54, 1.807) is 47.3 Å². The van der Waals surface area contributed by atoms with Gasteiger partial charge in [-0.15, -0.1) is 3.89 Å². The molecule has 8 heteroatoms. The van der Waals surface area contributed by atoms with E-state index in [1.807, 2.05) is 0 Å². The van der Waals surface area contributed by atoms with Gasteiger partial charge < -0.3 is 4.40 Å². The van der Waals surface area contributed by atoms with E-state index in [0.717, 1.165) is 9.73 Å². The summed E-state index contributed by atoms with van der Waals surface area (Å²) in [6.45, 7) is 0. The Labute approximate surface area is 145 Å². The Hall–Kier alpha value is -3.00. The summed E-state index contributed by atoms with van der Waals surface area (Å²) in [6.07, 6.45) is 5.76. The quantitative estimate of drug-likeness (QED) is 0.514. The highest BCUT2D eigenvalue weighted by Crippen LogP contribution is 2.35. The molecule has 0 N–H and O–H groups in total. The van der Waals surface area contributed by atoms with Crippen molar-refractivity contribution in [2.45, 2.75) is 0 Å². The highest BCUT2D eigenvalue weighted by Gasteiger charge is 2.21. The number of hydrogen-bond donors (Lipinski definition) is 0. The molecule has 3 aromatic heterocycles. The molecule has 1 aromatic carbocycles. The predicted octanol–water partition coefficient (Wildman–Crippen LogP) is 4.20. The van der Waals surface area contributed by atoms with Gasteiger partial charge in [-0.05, 0) is 36.4 Å². The molecular weight excluding hydrogens is 346 g/mol. The number of aldehydes is 1. The highest BCUT2D eigenvalue weighted by molar-refractivity contribution is 7.92. The van der Waals surface area contributed by atoms with Crippen LogP contribution in [0.5, 0.6) is 0 Å². The van der Waals surface area contributed by atoms with E-state index in [2.05, 4.69) is 10.1 Å². The van der Waals surface area contributed by atoms with Gasteiger partial charge in [0.1, 0.15) is 22.9 Å². The van der Waals surface area contributed by atoms with Crippen molar-refractivity contribution in [2.24, 2.45) is 0 Å². The van der Waals surface area contributed by atoms with Gasteiger partial charge in [-0.1, -0.05) is 0 Å². The third-order valence-electron chi connectivity index (χ3n) is 3.86. The van der Waals surface area contributed by atoms with Crippen molar-refractivity contribution in [3.05, 3.63) is 66.5 Å². The van der Waals surface area contributed by atoms with E-state index in [9.17, 15) is 13.1 Å². The second kappa shape index (κ2) is 6.14. The maximum atomic E-state index is 13.2. The molecule has 3 heterocycles. The Morgan fingerprint density at radius 1 is 1.08 bits per heavy atom. The number of halogens is 2. The fourth-order valence-electron chi connectivity index (χ4n) is 2.73. The molecule has 0 saturated carbocycles. The molecular formula is C17H10F2N4OS. The molecule has 4 rings (SSSR count). The zero-order valence-corrected chi connectivity index (χ0v) is 13.5. The number of nitrogens with zero attached hydrogens (tertiary/aromatic N) is 4. The zero-order valence-electron chi connectivity index (χ0n) is 12.6. The van der Waals surface area contributed by atoms with Crippen LogP contribution in [0.25, 0.3) is 28.0 Å². The Morgan fingerprint density at radius 3 is 2.56 bits per heavy atom. The largest absolute Gasteiger partial charge is 0.306 e. The first kappa shape index (κ1) is 15.5. The lowest BCUT2D eigenvalue weighted by atomic mass is 10.0. The average molecular weight is 356 g/mol. The summed E-state index contributed by atoms with van der Waals surface area (Å²) < 4.78 is 29.2. The van der Waals surface area contributed by atoms with Crippen LogP contribution < -0.4 is 0 Å². The first-order valence-electron chi connectivity index (χ1n) is 7.27. The van der Waals surface area contributed by atoms with Gasteiger partial charge in [-0.25, -0.2) is 9.37 Å².